The fourth-order valence-corrected chi connectivity index (χ4v) is 7.02. The van der Waals surface area contributed by atoms with E-state index in [0.29, 0.717) is 17.8 Å². The maximum Gasteiger partial charge on any atom is 0.243 e. The zero-order valence-corrected chi connectivity index (χ0v) is 22.0. The highest BCUT2D eigenvalue weighted by molar-refractivity contribution is 7.90. The van der Waals surface area contributed by atoms with Crippen LogP contribution in [0, 0.1) is 12.8 Å². The second-order valence-electron chi connectivity index (χ2n) is 9.25. The van der Waals surface area contributed by atoms with Crippen molar-refractivity contribution in [1.29, 1.82) is 0 Å². The minimum absolute atomic E-state index is 0.0284. The standard InChI is InChI=1S/C25H33N3O4S2/c1-19(2)16-27(34(31,32)24-9-7-6-8-10-24)17-23-15-26-25(28(23)20(3)4)33(29,30)18-22-13-11-21(5)12-14-22/h6-15,19-20H,16-18H2,1-5H3. The molecule has 3 aromatic rings. The molecule has 184 valence electrons. The Morgan fingerprint density at radius 2 is 1.53 bits per heavy atom. The Hall–Kier alpha value is -2.49. The molecule has 34 heavy (non-hydrogen) atoms. The largest absolute Gasteiger partial charge is 0.315 e. The summed E-state index contributed by atoms with van der Waals surface area (Å²) in [5, 5.41) is -0.0420. The molecule has 3 rings (SSSR count). The van der Waals surface area contributed by atoms with Crippen molar-refractivity contribution in [2.45, 2.75) is 63.0 Å². The smallest absolute Gasteiger partial charge is 0.243 e. The summed E-state index contributed by atoms with van der Waals surface area (Å²) in [5.74, 6) is -0.0901. The van der Waals surface area contributed by atoms with Gasteiger partial charge < -0.3 is 4.57 Å². The molecule has 1 aromatic heterocycles. The molecule has 0 fully saturated rings. The highest BCUT2D eigenvalue weighted by Gasteiger charge is 2.30. The summed E-state index contributed by atoms with van der Waals surface area (Å²) in [4.78, 5) is 4.47. The van der Waals surface area contributed by atoms with Gasteiger partial charge in [-0.15, -0.1) is 0 Å². The Balaban J connectivity index is 2.00. The van der Waals surface area contributed by atoms with Gasteiger partial charge in [0.2, 0.25) is 25.0 Å². The van der Waals surface area contributed by atoms with Crippen molar-refractivity contribution < 1.29 is 16.8 Å². The van der Waals surface area contributed by atoms with E-state index in [-0.39, 0.29) is 34.3 Å². The minimum atomic E-state index is -3.77. The third-order valence-electron chi connectivity index (χ3n) is 5.40. The summed E-state index contributed by atoms with van der Waals surface area (Å²) < 4.78 is 56.4. The Labute approximate surface area is 203 Å². The molecule has 0 aliphatic carbocycles. The summed E-state index contributed by atoms with van der Waals surface area (Å²) in [6.07, 6.45) is 1.48. The topological polar surface area (TPSA) is 89.3 Å². The van der Waals surface area contributed by atoms with Gasteiger partial charge in [0.15, 0.2) is 0 Å². The van der Waals surface area contributed by atoms with Crippen molar-refractivity contribution in [2.24, 2.45) is 5.92 Å². The Morgan fingerprint density at radius 3 is 2.09 bits per heavy atom. The van der Waals surface area contributed by atoms with E-state index in [4.69, 9.17) is 0 Å². The number of aryl methyl sites for hydroxylation is 1. The molecule has 0 N–H and O–H groups in total. The average molecular weight is 504 g/mol. The molecule has 0 aliphatic heterocycles. The van der Waals surface area contributed by atoms with Gasteiger partial charge in [-0.2, -0.15) is 4.31 Å². The van der Waals surface area contributed by atoms with Crippen LogP contribution in [0.25, 0.3) is 0 Å². The SMILES string of the molecule is Cc1ccc(CS(=O)(=O)c2ncc(CN(CC(C)C)S(=O)(=O)c3ccccc3)n2C(C)C)cc1. The Bertz CT molecular complexity index is 1310. The normalized spacial score (nSPS) is 12.7. The van der Waals surface area contributed by atoms with E-state index in [1.54, 1.807) is 47.0 Å². The van der Waals surface area contributed by atoms with Gasteiger partial charge in [0, 0.05) is 12.6 Å². The van der Waals surface area contributed by atoms with Crippen LogP contribution in [0.2, 0.25) is 0 Å². The number of hydrogen-bond acceptors (Lipinski definition) is 5. The number of nitrogens with zero attached hydrogens (tertiary/aromatic N) is 3. The molecule has 0 unspecified atom stereocenters. The summed E-state index contributed by atoms with van der Waals surface area (Å²) in [6.45, 7) is 9.91. The van der Waals surface area contributed by atoms with Crippen LogP contribution in [-0.4, -0.2) is 37.2 Å². The molecule has 2 aromatic carbocycles. The number of rotatable bonds is 10. The summed E-state index contributed by atoms with van der Waals surface area (Å²) >= 11 is 0. The third-order valence-corrected chi connectivity index (χ3v) is 8.80. The lowest BCUT2D eigenvalue weighted by atomic mass is 10.2. The fourth-order valence-electron chi connectivity index (χ4n) is 3.82. The van der Waals surface area contributed by atoms with Crippen LogP contribution < -0.4 is 0 Å². The van der Waals surface area contributed by atoms with Crippen LogP contribution in [0.4, 0.5) is 0 Å². The average Bonchev–Trinajstić information content (AvgIpc) is 3.20. The maximum absolute atomic E-state index is 13.4. The van der Waals surface area contributed by atoms with Crippen LogP contribution in [0.1, 0.15) is 50.6 Å². The van der Waals surface area contributed by atoms with E-state index in [1.165, 1.54) is 10.5 Å². The Kier molecular flexibility index (Phi) is 8.00. The number of sulfone groups is 1. The first-order chi connectivity index (χ1) is 15.9. The minimum Gasteiger partial charge on any atom is -0.315 e. The van der Waals surface area contributed by atoms with Crippen LogP contribution in [0.3, 0.4) is 0 Å². The molecule has 7 nitrogen and oxygen atoms in total. The van der Waals surface area contributed by atoms with Crippen molar-refractivity contribution in [3.8, 4) is 0 Å². The summed E-state index contributed by atoms with van der Waals surface area (Å²) in [6, 6.07) is 15.4. The van der Waals surface area contributed by atoms with Crippen LogP contribution in [0.5, 0.6) is 0 Å². The van der Waals surface area contributed by atoms with Crippen molar-refractivity contribution in [1.82, 2.24) is 13.9 Å². The van der Waals surface area contributed by atoms with E-state index in [1.807, 2.05) is 46.8 Å². The van der Waals surface area contributed by atoms with Crippen molar-refractivity contribution in [2.75, 3.05) is 6.54 Å². The fraction of sp³-hybridized carbons (Fsp3) is 0.400. The van der Waals surface area contributed by atoms with Crippen molar-refractivity contribution >= 4 is 19.9 Å². The van der Waals surface area contributed by atoms with Gasteiger partial charge in [0.1, 0.15) is 0 Å². The van der Waals surface area contributed by atoms with Gasteiger partial charge in [0.05, 0.1) is 29.1 Å². The van der Waals surface area contributed by atoms with Gasteiger partial charge in [-0.05, 0) is 44.4 Å². The third kappa shape index (κ3) is 5.95. The van der Waals surface area contributed by atoms with E-state index in [9.17, 15) is 16.8 Å². The van der Waals surface area contributed by atoms with E-state index in [0.717, 1.165) is 5.56 Å². The van der Waals surface area contributed by atoms with E-state index >= 15 is 0 Å². The number of hydrogen-bond donors (Lipinski definition) is 0. The van der Waals surface area contributed by atoms with Gasteiger partial charge in [0.25, 0.3) is 0 Å². The quantitative estimate of drug-likeness (QED) is 0.404. The van der Waals surface area contributed by atoms with E-state index < -0.39 is 19.9 Å². The summed E-state index contributed by atoms with van der Waals surface area (Å²) in [5.41, 5.74) is 2.27. The molecule has 1 heterocycles. The van der Waals surface area contributed by atoms with Crippen molar-refractivity contribution in [3.63, 3.8) is 0 Å². The number of aromatic nitrogens is 2. The second-order valence-corrected chi connectivity index (χ2v) is 13.1. The van der Waals surface area contributed by atoms with Crippen LogP contribution in [-0.2, 0) is 32.2 Å². The van der Waals surface area contributed by atoms with Gasteiger partial charge in [-0.25, -0.2) is 21.8 Å². The molecule has 0 radical (unpaired) electrons. The molecule has 0 saturated carbocycles. The van der Waals surface area contributed by atoms with Crippen molar-refractivity contribution in [3.05, 3.63) is 77.6 Å². The predicted molar refractivity (Wildman–Crippen MR) is 134 cm³/mol. The first kappa shape index (κ1) is 26.1. The molecule has 0 bridgehead atoms. The second kappa shape index (κ2) is 10.4. The van der Waals surface area contributed by atoms with Gasteiger partial charge in [-0.3, -0.25) is 0 Å². The Morgan fingerprint density at radius 1 is 0.912 bits per heavy atom. The molecule has 9 heteroatoms. The lowest BCUT2D eigenvalue weighted by Gasteiger charge is -2.25. The molecular formula is C25H33N3O4S2. The molecule has 0 saturated heterocycles. The molecular weight excluding hydrogens is 470 g/mol. The number of benzene rings is 2. The molecule has 0 amide bonds. The molecule has 0 spiro atoms. The highest BCUT2D eigenvalue weighted by atomic mass is 32.2. The van der Waals surface area contributed by atoms with Gasteiger partial charge in [-0.1, -0.05) is 61.9 Å². The van der Waals surface area contributed by atoms with Crippen LogP contribution in [0.15, 0.2) is 70.8 Å². The number of imidazole rings is 1. The lowest BCUT2D eigenvalue weighted by molar-refractivity contribution is 0.348. The number of sulfonamides is 1. The maximum atomic E-state index is 13.4. The van der Waals surface area contributed by atoms with Crippen LogP contribution >= 0.6 is 0 Å². The van der Waals surface area contributed by atoms with Gasteiger partial charge >= 0.3 is 0 Å². The predicted octanol–water partition coefficient (Wildman–Crippen LogP) is 4.59. The zero-order valence-electron chi connectivity index (χ0n) is 20.3. The van der Waals surface area contributed by atoms with E-state index in [2.05, 4.69) is 4.98 Å². The zero-order chi connectivity index (χ0) is 25.1. The molecule has 0 atom stereocenters. The summed E-state index contributed by atoms with van der Waals surface area (Å²) in [7, 11) is -7.52. The highest BCUT2D eigenvalue weighted by Crippen LogP contribution is 2.25. The molecule has 0 aliphatic rings. The first-order valence-electron chi connectivity index (χ1n) is 11.3. The monoisotopic (exact) mass is 503 g/mol. The lowest BCUT2D eigenvalue weighted by Crippen LogP contribution is -2.34. The first-order valence-corrected chi connectivity index (χ1v) is 14.4.